The van der Waals surface area contributed by atoms with Crippen LogP contribution in [0.2, 0.25) is 0 Å². The molecule has 0 bridgehead atoms. The van der Waals surface area contributed by atoms with Crippen molar-refractivity contribution in [3.63, 3.8) is 0 Å². The van der Waals surface area contributed by atoms with Crippen LogP contribution in [0.3, 0.4) is 0 Å². The molecule has 0 amide bonds. The molecular formula is C12H12N2O. The number of aromatic nitrogens is 2. The number of carbonyl (C=O) groups is 1. The summed E-state index contributed by atoms with van der Waals surface area (Å²) in [7, 11) is 1.77. The van der Waals surface area contributed by atoms with E-state index in [4.69, 9.17) is 0 Å². The highest BCUT2D eigenvalue weighted by Crippen LogP contribution is 2.21. The predicted molar refractivity (Wildman–Crippen MR) is 58.8 cm³/mol. The first-order valence-electron chi connectivity index (χ1n) is 4.77. The van der Waals surface area contributed by atoms with E-state index in [9.17, 15) is 4.79 Å². The quantitative estimate of drug-likeness (QED) is 0.696. The third kappa shape index (κ3) is 1.68. The molecule has 0 spiro atoms. The fourth-order valence-electron chi connectivity index (χ4n) is 1.58. The maximum absolute atomic E-state index is 10.7. The van der Waals surface area contributed by atoms with Gasteiger partial charge in [-0.25, -0.2) is 0 Å². The lowest BCUT2D eigenvalue weighted by atomic mass is 10.1. The van der Waals surface area contributed by atoms with Gasteiger partial charge < -0.3 is 0 Å². The van der Waals surface area contributed by atoms with E-state index >= 15 is 0 Å². The van der Waals surface area contributed by atoms with Crippen molar-refractivity contribution in [3.8, 4) is 11.3 Å². The van der Waals surface area contributed by atoms with Crippen molar-refractivity contribution in [2.24, 2.45) is 7.05 Å². The molecular weight excluding hydrogens is 188 g/mol. The molecule has 0 radical (unpaired) electrons. The van der Waals surface area contributed by atoms with Gasteiger partial charge in [0.05, 0.1) is 5.69 Å². The van der Waals surface area contributed by atoms with Crippen LogP contribution in [0.4, 0.5) is 0 Å². The highest BCUT2D eigenvalue weighted by atomic mass is 16.1. The molecule has 1 heterocycles. The standard InChI is InChI=1S/C12H12N2O/c1-9-5-3-4-6-11(9)12-7-10(8-15)14(2)13-12/h3-8H,1-2H3. The van der Waals surface area contributed by atoms with Gasteiger partial charge in [-0.05, 0) is 18.6 Å². The Labute approximate surface area is 88.4 Å². The molecule has 1 aromatic heterocycles. The van der Waals surface area contributed by atoms with Gasteiger partial charge in [-0.1, -0.05) is 24.3 Å². The van der Waals surface area contributed by atoms with Gasteiger partial charge in [0, 0.05) is 12.6 Å². The molecule has 15 heavy (non-hydrogen) atoms. The Bertz CT molecular complexity index is 500. The number of benzene rings is 1. The number of hydrogen-bond acceptors (Lipinski definition) is 2. The van der Waals surface area contributed by atoms with E-state index in [1.165, 1.54) is 0 Å². The van der Waals surface area contributed by atoms with Gasteiger partial charge in [0.15, 0.2) is 6.29 Å². The SMILES string of the molecule is Cc1ccccc1-c1cc(C=O)n(C)n1. The van der Waals surface area contributed by atoms with E-state index in [0.717, 1.165) is 23.1 Å². The van der Waals surface area contributed by atoms with E-state index < -0.39 is 0 Å². The first kappa shape index (κ1) is 9.65. The molecule has 3 nitrogen and oxygen atoms in total. The maximum atomic E-state index is 10.7. The number of nitrogens with zero attached hydrogens (tertiary/aromatic N) is 2. The van der Waals surface area contributed by atoms with Crippen LogP contribution in [0, 0.1) is 6.92 Å². The van der Waals surface area contributed by atoms with Gasteiger partial charge in [0.2, 0.25) is 0 Å². The number of carbonyl (C=O) groups excluding carboxylic acids is 1. The summed E-state index contributed by atoms with van der Waals surface area (Å²) >= 11 is 0. The Morgan fingerprint density at radius 1 is 1.33 bits per heavy atom. The van der Waals surface area contributed by atoms with E-state index in [1.807, 2.05) is 31.2 Å². The molecule has 0 aliphatic heterocycles. The predicted octanol–water partition coefficient (Wildman–Crippen LogP) is 2.21. The van der Waals surface area contributed by atoms with E-state index in [2.05, 4.69) is 5.10 Å². The second kappa shape index (κ2) is 3.69. The molecule has 1 aromatic carbocycles. The molecule has 0 saturated carbocycles. The third-order valence-corrected chi connectivity index (χ3v) is 2.46. The lowest BCUT2D eigenvalue weighted by molar-refractivity contribution is 0.111. The zero-order valence-corrected chi connectivity index (χ0v) is 8.77. The van der Waals surface area contributed by atoms with Crippen LogP contribution in [0.15, 0.2) is 30.3 Å². The molecule has 76 valence electrons. The minimum atomic E-state index is 0.591. The van der Waals surface area contributed by atoms with Crippen molar-refractivity contribution in [1.29, 1.82) is 0 Å². The fourth-order valence-corrected chi connectivity index (χ4v) is 1.58. The van der Waals surface area contributed by atoms with Crippen LogP contribution in [-0.2, 0) is 7.05 Å². The number of hydrogen-bond donors (Lipinski definition) is 0. The highest BCUT2D eigenvalue weighted by Gasteiger charge is 2.07. The van der Waals surface area contributed by atoms with Crippen LogP contribution in [0.5, 0.6) is 0 Å². The molecule has 3 heteroatoms. The lowest BCUT2D eigenvalue weighted by Crippen LogP contribution is -1.95. The Hall–Kier alpha value is -1.90. The van der Waals surface area contributed by atoms with Crippen molar-refractivity contribution in [1.82, 2.24) is 9.78 Å². The van der Waals surface area contributed by atoms with Gasteiger partial charge in [-0.15, -0.1) is 0 Å². The molecule has 0 N–H and O–H groups in total. The molecule has 2 aromatic rings. The third-order valence-electron chi connectivity index (χ3n) is 2.46. The van der Waals surface area contributed by atoms with Crippen molar-refractivity contribution in [2.45, 2.75) is 6.92 Å². The molecule has 0 atom stereocenters. The second-order valence-electron chi connectivity index (χ2n) is 3.51. The summed E-state index contributed by atoms with van der Waals surface area (Å²) in [4.78, 5) is 10.7. The summed E-state index contributed by atoms with van der Waals surface area (Å²) in [5, 5.41) is 4.30. The fraction of sp³-hybridized carbons (Fsp3) is 0.167. The number of aldehydes is 1. The first-order valence-corrected chi connectivity index (χ1v) is 4.77. The highest BCUT2D eigenvalue weighted by molar-refractivity contribution is 5.76. The Balaban J connectivity index is 2.55. The van der Waals surface area contributed by atoms with Crippen LogP contribution < -0.4 is 0 Å². The van der Waals surface area contributed by atoms with E-state index in [0.29, 0.717) is 5.69 Å². The largest absolute Gasteiger partial charge is 0.296 e. The van der Waals surface area contributed by atoms with E-state index in [-0.39, 0.29) is 0 Å². The minimum Gasteiger partial charge on any atom is -0.296 e. The molecule has 0 aliphatic carbocycles. The van der Waals surface area contributed by atoms with Gasteiger partial charge in [0.1, 0.15) is 5.69 Å². The van der Waals surface area contributed by atoms with Crippen LogP contribution in [0.25, 0.3) is 11.3 Å². The van der Waals surface area contributed by atoms with Gasteiger partial charge >= 0.3 is 0 Å². The summed E-state index contributed by atoms with van der Waals surface area (Å²) in [6, 6.07) is 9.80. The van der Waals surface area contributed by atoms with Crippen LogP contribution in [0.1, 0.15) is 16.1 Å². The monoisotopic (exact) mass is 200 g/mol. The Morgan fingerprint density at radius 2 is 2.07 bits per heavy atom. The van der Waals surface area contributed by atoms with Crippen molar-refractivity contribution in [2.75, 3.05) is 0 Å². The minimum absolute atomic E-state index is 0.591. The second-order valence-corrected chi connectivity index (χ2v) is 3.51. The Kier molecular flexibility index (Phi) is 2.37. The lowest BCUT2D eigenvalue weighted by Gasteiger charge is -2.00. The first-order chi connectivity index (χ1) is 7.22. The average molecular weight is 200 g/mol. The summed E-state index contributed by atoms with van der Waals surface area (Å²) < 4.78 is 1.59. The van der Waals surface area contributed by atoms with Gasteiger partial charge in [-0.2, -0.15) is 5.10 Å². The van der Waals surface area contributed by atoms with Crippen molar-refractivity contribution in [3.05, 3.63) is 41.6 Å². The summed E-state index contributed by atoms with van der Waals surface area (Å²) in [5.74, 6) is 0. The van der Waals surface area contributed by atoms with Crippen LogP contribution >= 0.6 is 0 Å². The van der Waals surface area contributed by atoms with Crippen LogP contribution in [-0.4, -0.2) is 16.1 Å². The van der Waals surface area contributed by atoms with Gasteiger partial charge in [-0.3, -0.25) is 9.48 Å². The Morgan fingerprint density at radius 3 is 2.67 bits per heavy atom. The number of rotatable bonds is 2. The zero-order valence-electron chi connectivity index (χ0n) is 8.77. The summed E-state index contributed by atoms with van der Waals surface area (Å²) in [6.07, 6.45) is 0.814. The molecule has 0 fully saturated rings. The average Bonchev–Trinajstić information content (AvgIpc) is 2.60. The molecule has 0 saturated heterocycles. The molecule has 0 aliphatic rings. The summed E-state index contributed by atoms with van der Waals surface area (Å²) in [6.45, 7) is 2.03. The molecule has 0 unspecified atom stereocenters. The number of aryl methyl sites for hydroxylation is 2. The zero-order chi connectivity index (χ0) is 10.8. The van der Waals surface area contributed by atoms with Crippen molar-refractivity contribution >= 4 is 6.29 Å². The normalized spacial score (nSPS) is 10.3. The van der Waals surface area contributed by atoms with Crippen molar-refractivity contribution < 1.29 is 4.79 Å². The topological polar surface area (TPSA) is 34.9 Å². The molecule has 2 rings (SSSR count). The van der Waals surface area contributed by atoms with Gasteiger partial charge in [0.25, 0.3) is 0 Å². The van der Waals surface area contributed by atoms with E-state index in [1.54, 1.807) is 17.8 Å². The maximum Gasteiger partial charge on any atom is 0.168 e. The smallest absolute Gasteiger partial charge is 0.168 e. The summed E-state index contributed by atoms with van der Waals surface area (Å²) in [5.41, 5.74) is 3.67.